The van der Waals surface area contributed by atoms with E-state index in [4.69, 9.17) is 28.9 Å². The molecule has 0 amide bonds. The summed E-state index contributed by atoms with van der Waals surface area (Å²) >= 11 is 10.1. The first kappa shape index (κ1) is 16.8. The summed E-state index contributed by atoms with van der Waals surface area (Å²) in [4.78, 5) is 0. The molecule has 0 unspecified atom stereocenters. The monoisotopic (exact) mass is 351 g/mol. The summed E-state index contributed by atoms with van der Waals surface area (Å²) in [6, 6.07) is 9.73. The molecule has 0 saturated carbocycles. The van der Waals surface area contributed by atoms with E-state index >= 15 is 0 Å². The lowest BCUT2D eigenvalue weighted by molar-refractivity contribution is 0.556. The summed E-state index contributed by atoms with van der Waals surface area (Å²) in [6.07, 6.45) is 1.55. The van der Waals surface area contributed by atoms with Crippen LogP contribution in [-0.4, -0.2) is 15.9 Å². The predicted octanol–water partition coefficient (Wildman–Crippen LogP) is 2.51. The highest BCUT2D eigenvalue weighted by Crippen LogP contribution is 2.11. The largest absolute Gasteiger partial charge is 0.463 e. The molecule has 0 aliphatic carbocycles. The molecule has 0 fully saturated rings. The number of hydrazone groups is 1. The number of hydrazine groups is 1. The van der Waals surface area contributed by atoms with Crippen LogP contribution in [0.15, 0.2) is 52.2 Å². The molecule has 6 nitrogen and oxygen atoms in total. The van der Waals surface area contributed by atoms with E-state index in [9.17, 15) is 4.39 Å². The van der Waals surface area contributed by atoms with Crippen LogP contribution in [0.4, 0.5) is 10.1 Å². The third kappa shape index (κ3) is 5.31. The van der Waals surface area contributed by atoms with Crippen LogP contribution in [0.25, 0.3) is 0 Å². The molecule has 9 heteroatoms. The Kier molecular flexibility index (Phi) is 6.01. The fourth-order valence-electron chi connectivity index (χ4n) is 1.53. The zero-order valence-corrected chi connectivity index (χ0v) is 13.7. The Labute approximate surface area is 143 Å². The molecule has 0 saturated heterocycles. The van der Waals surface area contributed by atoms with Gasteiger partial charge in [0.05, 0.1) is 12.0 Å². The number of benzene rings is 1. The number of rotatable bonds is 3. The highest BCUT2D eigenvalue weighted by molar-refractivity contribution is 7.80. The SMILES string of the molecule is CC(=NNC(=S)NNC(=S)Nc1ccccc1F)c1ccco1. The summed E-state index contributed by atoms with van der Waals surface area (Å²) in [5.41, 5.74) is 8.77. The first-order valence-corrected chi connectivity index (χ1v) is 7.33. The fourth-order valence-corrected chi connectivity index (χ4v) is 1.79. The zero-order valence-electron chi connectivity index (χ0n) is 12.1. The Morgan fingerprint density at radius 2 is 1.83 bits per heavy atom. The minimum atomic E-state index is -0.406. The van der Waals surface area contributed by atoms with E-state index in [-0.39, 0.29) is 15.9 Å². The maximum Gasteiger partial charge on any atom is 0.205 e. The van der Waals surface area contributed by atoms with Crippen LogP contribution in [0.2, 0.25) is 0 Å². The lowest BCUT2D eigenvalue weighted by atomic mass is 10.3. The van der Waals surface area contributed by atoms with E-state index in [1.165, 1.54) is 6.07 Å². The van der Waals surface area contributed by atoms with Crippen molar-refractivity contribution < 1.29 is 8.81 Å². The van der Waals surface area contributed by atoms with Gasteiger partial charge in [-0.15, -0.1) is 0 Å². The zero-order chi connectivity index (χ0) is 16.7. The topological polar surface area (TPSA) is 73.6 Å². The molecule has 1 aromatic heterocycles. The molecule has 0 aliphatic heterocycles. The first-order chi connectivity index (χ1) is 11.1. The third-order valence-corrected chi connectivity index (χ3v) is 3.01. The lowest BCUT2D eigenvalue weighted by Crippen LogP contribution is -2.47. The molecular formula is C14H14FN5OS2. The van der Waals surface area contributed by atoms with Crippen molar-refractivity contribution in [3.63, 3.8) is 0 Å². The molecule has 0 bridgehead atoms. The molecular weight excluding hydrogens is 337 g/mol. The standard InChI is InChI=1S/C14H14FN5OS2/c1-9(12-7-4-8-21-12)17-19-14(23)20-18-13(22)16-11-6-3-2-5-10(11)15/h2-8H,1H3,(H2,16,18,22)(H2,19,20,23). The summed E-state index contributed by atoms with van der Waals surface area (Å²) < 4.78 is 18.6. The minimum Gasteiger partial charge on any atom is -0.463 e. The third-order valence-electron chi connectivity index (χ3n) is 2.61. The quantitative estimate of drug-likeness (QED) is 0.385. The number of hydrogen-bond acceptors (Lipinski definition) is 4. The van der Waals surface area contributed by atoms with Crippen LogP contribution in [-0.2, 0) is 0 Å². The van der Waals surface area contributed by atoms with Gasteiger partial charge in [0, 0.05) is 0 Å². The molecule has 1 heterocycles. The van der Waals surface area contributed by atoms with Crippen molar-refractivity contribution in [1.29, 1.82) is 0 Å². The van der Waals surface area contributed by atoms with Crippen molar-refractivity contribution in [3.05, 3.63) is 54.2 Å². The number of para-hydroxylation sites is 1. The molecule has 120 valence electrons. The van der Waals surface area contributed by atoms with E-state index < -0.39 is 5.82 Å². The molecule has 4 N–H and O–H groups in total. The fraction of sp³-hybridized carbons (Fsp3) is 0.0714. The second kappa shape index (κ2) is 8.20. The van der Waals surface area contributed by atoms with Crippen LogP contribution in [0.1, 0.15) is 12.7 Å². The van der Waals surface area contributed by atoms with Crippen LogP contribution in [0, 0.1) is 5.82 Å². The van der Waals surface area contributed by atoms with Gasteiger partial charge in [-0.3, -0.25) is 16.3 Å². The van der Waals surface area contributed by atoms with Gasteiger partial charge < -0.3 is 9.73 Å². The van der Waals surface area contributed by atoms with Crippen molar-refractivity contribution in [2.24, 2.45) is 5.10 Å². The number of thiocarbonyl (C=S) groups is 2. The predicted molar refractivity (Wildman–Crippen MR) is 95.5 cm³/mol. The summed E-state index contributed by atoms with van der Waals surface area (Å²) in [5.74, 6) is 0.223. The number of nitrogens with one attached hydrogen (secondary N) is 4. The van der Waals surface area contributed by atoms with E-state index in [1.807, 2.05) is 0 Å². The summed E-state index contributed by atoms with van der Waals surface area (Å²) in [6.45, 7) is 1.77. The Balaban J connectivity index is 1.77. The van der Waals surface area contributed by atoms with Crippen molar-refractivity contribution in [3.8, 4) is 0 Å². The lowest BCUT2D eigenvalue weighted by Gasteiger charge is -2.13. The Morgan fingerprint density at radius 3 is 2.52 bits per heavy atom. The van der Waals surface area contributed by atoms with Gasteiger partial charge in [-0.25, -0.2) is 4.39 Å². The minimum absolute atomic E-state index is 0.158. The van der Waals surface area contributed by atoms with Crippen molar-refractivity contribution >= 4 is 46.1 Å². The van der Waals surface area contributed by atoms with E-state index in [0.717, 1.165) is 0 Å². The average Bonchev–Trinajstić information content (AvgIpc) is 3.07. The van der Waals surface area contributed by atoms with Crippen LogP contribution < -0.4 is 21.6 Å². The molecule has 23 heavy (non-hydrogen) atoms. The smallest absolute Gasteiger partial charge is 0.205 e. The summed E-state index contributed by atoms with van der Waals surface area (Å²) in [7, 11) is 0. The molecule has 0 aliphatic rings. The number of halogens is 1. The highest BCUT2D eigenvalue weighted by atomic mass is 32.1. The second-order valence-corrected chi connectivity index (χ2v) is 5.12. The maximum absolute atomic E-state index is 13.5. The number of nitrogens with zero attached hydrogens (tertiary/aromatic N) is 1. The van der Waals surface area contributed by atoms with Crippen LogP contribution >= 0.6 is 24.4 Å². The van der Waals surface area contributed by atoms with Gasteiger partial charge in [0.2, 0.25) is 5.11 Å². The number of anilines is 1. The maximum atomic E-state index is 13.5. The Morgan fingerprint density at radius 1 is 1.09 bits per heavy atom. The molecule has 0 atom stereocenters. The van der Waals surface area contributed by atoms with Crippen molar-refractivity contribution in [2.45, 2.75) is 6.92 Å². The van der Waals surface area contributed by atoms with Gasteiger partial charge in [-0.1, -0.05) is 12.1 Å². The normalized spacial score (nSPS) is 10.8. The van der Waals surface area contributed by atoms with Crippen LogP contribution in [0.3, 0.4) is 0 Å². The molecule has 0 radical (unpaired) electrons. The van der Waals surface area contributed by atoms with E-state index in [1.54, 1.807) is 43.5 Å². The molecule has 2 rings (SSSR count). The van der Waals surface area contributed by atoms with Gasteiger partial charge in [0.25, 0.3) is 0 Å². The van der Waals surface area contributed by atoms with Gasteiger partial charge in [-0.05, 0) is 55.6 Å². The van der Waals surface area contributed by atoms with Crippen molar-refractivity contribution in [1.82, 2.24) is 16.3 Å². The molecule has 2 aromatic rings. The van der Waals surface area contributed by atoms with Crippen LogP contribution in [0.5, 0.6) is 0 Å². The van der Waals surface area contributed by atoms with Gasteiger partial charge in [0.1, 0.15) is 17.3 Å². The second-order valence-electron chi connectivity index (χ2n) is 4.30. The Bertz CT molecular complexity index is 718. The first-order valence-electron chi connectivity index (χ1n) is 6.52. The molecule has 0 spiro atoms. The number of furan rings is 1. The average molecular weight is 351 g/mol. The van der Waals surface area contributed by atoms with Gasteiger partial charge in [-0.2, -0.15) is 5.10 Å². The van der Waals surface area contributed by atoms with Gasteiger partial charge in [0.15, 0.2) is 5.11 Å². The number of hydrogen-bond donors (Lipinski definition) is 4. The van der Waals surface area contributed by atoms with Crippen molar-refractivity contribution in [2.75, 3.05) is 5.32 Å². The summed E-state index contributed by atoms with van der Waals surface area (Å²) in [5, 5.41) is 7.09. The van der Waals surface area contributed by atoms with E-state index in [2.05, 4.69) is 26.7 Å². The van der Waals surface area contributed by atoms with Gasteiger partial charge >= 0.3 is 0 Å². The highest BCUT2D eigenvalue weighted by Gasteiger charge is 2.03. The molecule has 1 aromatic carbocycles. The Hall–Kier alpha value is -2.52. The van der Waals surface area contributed by atoms with E-state index in [0.29, 0.717) is 11.5 Å².